The number of pyridine rings is 4. The Balaban J connectivity index is 0.000000117. The Labute approximate surface area is 716 Å². The molecular weight excluding hydrogens is 1540 g/mol. The van der Waals surface area contributed by atoms with E-state index >= 15 is 0 Å². The summed E-state index contributed by atoms with van der Waals surface area (Å²) in [5, 5.41) is 43.2. The van der Waals surface area contributed by atoms with Gasteiger partial charge in [0.05, 0.1) is 56.7 Å². The second kappa shape index (κ2) is 40.2. The van der Waals surface area contributed by atoms with Gasteiger partial charge in [-0.15, -0.1) is 10.2 Å². The van der Waals surface area contributed by atoms with Gasteiger partial charge < -0.3 is 18.9 Å². The molecule has 0 aliphatic rings. The van der Waals surface area contributed by atoms with Gasteiger partial charge in [-0.3, -0.25) is 10.2 Å². The van der Waals surface area contributed by atoms with E-state index in [1.54, 1.807) is 6.20 Å². The number of hydrogen-bond donors (Lipinski definition) is 4. The van der Waals surface area contributed by atoms with E-state index in [0.717, 1.165) is 162 Å². The van der Waals surface area contributed by atoms with Crippen LogP contribution in [-0.2, 0) is 65.0 Å². The number of H-pyrrole nitrogens is 4. The lowest BCUT2D eigenvalue weighted by Crippen LogP contribution is -2.01. The van der Waals surface area contributed by atoms with Crippen LogP contribution < -0.4 is 18.9 Å². The highest BCUT2D eigenvalue weighted by atomic mass is 16.5. The molecule has 20 rings (SSSR count). The normalized spacial score (nSPS) is 11.2. The molecule has 12 aromatic carbocycles. The van der Waals surface area contributed by atoms with E-state index in [1.165, 1.54) is 62.7 Å². The van der Waals surface area contributed by atoms with Gasteiger partial charge in [0.2, 0.25) is 5.82 Å². The van der Waals surface area contributed by atoms with E-state index in [1.807, 2.05) is 164 Å². The van der Waals surface area contributed by atoms with Gasteiger partial charge in [-0.2, -0.15) is 30.8 Å². The lowest BCUT2D eigenvalue weighted by atomic mass is 9.92. The molecule has 1 atom stereocenters. The quantitative estimate of drug-likeness (QED) is 0.0373. The van der Waals surface area contributed by atoms with Crippen LogP contribution in [-0.4, -0.2) is 86.3 Å². The molecule has 4 N–H and O–H groups in total. The van der Waals surface area contributed by atoms with Crippen LogP contribution in [0, 0.1) is 0 Å². The highest BCUT2D eigenvalue weighted by Gasteiger charge is 2.14. The number of aromatic amines is 4. The lowest BCUT2D eigenvalue weighted by Gasteiger charge is -2.14. The van der Waals surface area contributed by atoms with Crippen LogP contribution in [0.2, 0.25) is 0 Å². The van der Waals surface area contributed by atoms with Crippen molar-refractivity contribution in [3.63, 3.8) is 0 Å². The number of nitrogens with zero attached hydrogens (tertiary/aromatic N) is 13. The van der Waals surface area contributed by atoms with Gasteiger partial charge in [0.15, 0.2) is 11.6 Å². The average molecular weight is 1630 g/mol. The summed E-state index contributed by atoms with van der Waals surface area (Å²) in [6, 6.07) is 116. The maximum Gasteiger partial charge on any atom is 0.204 e. The van der Waals surface area contributed by atoms with E-state index in [4.69, 9.17) is 18.9 Å². The summed E-state index contributed by atoms with van der Waals surface area (Å²) < 4.78 is 23.9. The minimum absolute atomic E-state index is 0.333. The number of para-hydroxylation sites is 4. The van der Waals surface area contributed by atoms with Crippen molar-refractivity contribution in [2.75, 3.05) is 0 Å². The van der Waals surface area contributed by atoms with Crippen LogP contribution >= 0.6 is 0 Å². The molecule has 124 heavy (non-hydrogen) atoms. The fraction of sp³-hybridized carbons (Fsp3) is 0.117. The summed E-state index contributed by atoms with van der Waals surface area (Å²) in [5.74, 6) is 5.91. The molecule has 0 spiro atoms. The third kappa shape index (κ3) is 22.3. The summed E-state index contributed by atoms with van der Waals surface area (Å²) in [4.78, 5) is 27.1. The summed E-state index contributed by atoms with van der Waals surface area (Å²) >= 11 is 0. The van der Waals surface area contributed by atoms with Crippen molar-refractivity contribution in [2.45, 2.75) is 77.8 Å². The summed E-state index contributed by atoms with van der Waals surface area (Å²) in [5.41, 5.74) is 22.8. The van der Waals surface area contributed by atoms with Gasteiger partial charge in [-0.25, -0.2) is 29.9 Å². The van der Waals surface area contributed by atoms with Crippen LogP contribution in [0.15, 0.2) is 359 Å². The molecule has 20 aromatic rings. The first-order valence-electron chi connectivity index (χ1n) is 41.1. The molecule has 0 bridgehead atoms. The SMILES string of the molecule is CC(Cc1cccc(OCc2ccc3ccccc3n2)c1)c1cccc(-c2nn[nH]n2)c1.c1cc(CCc2cccc(OCc3ccc4ccccc4n3)c2)cc(Cc2cn[nH]n2)c1.c1cc(Cc2ccc(OCc3ccc4ccccc4n3)cc2)cc(-c2ncn[nH]2)c1.c1ccc2nc(COc3ccc(Cc4ccc(-c5ncn[nH]5)cc4)cc3)ccc2c1. The number of aromatic nitrogens is 17. The molecular formula is C103H87N17O4. The highest BCUT2D eigenvalue weighted by Crippen LogP contribution is 2.29. The van der Waals surface area contributed by atoms with Gasteiger partial charge in [-0.1, -0.05) is 237 Å². The van der Waals surface area contributed by atoms with Crippen molar-refractivity contribution in [1.82, 2.24) is 86.3 Å². The molecule has 1 unspecified atom stereocenters. The number of ether oxygens (including phenoxy) is 4. The van der Waals surface area contributed by atoms with E-state index in [0.29, 0.717) is 38.2 Å². The second-order valence-corrected chi connectivity index (χ2v) is 30.1. The van der Waals surface area contributed by atoms with Crippen LogP contribution in [0.5, 0.6) is 23.0 Å². The smallest absolute Gasteiger partial charge is 0.204 e. The van der Waals surface area contributed by atoms with Gasteiger partial charge in [-0.05, 0) is 203 Å². The van der Waals surface area contributed by atoms with E-state index in [-0.39, 0.29) is 0 Å². The first-order valence-corrected chi connectivity index (χ1v) is 41.1. The zero-order valence-corrected chi connectivity index (χ0v) is 68.2. The Morgan fingerprint density at radius 3 is 1.22 bits per heavy atom. The van der Waals surface area contributed by atoms with Crippen molar-refractivity contribution < 1.29 is 18.9 Å². The van der Waals surface area contributed by atoms with E-state index in [9.17, 15) is 0 Å². The molecule has 0 saturated carbocycles. The highest BCUT2D eigenvalue weighted by molar-refractivity contribution is 5.81. The molecule has 0 fully saturated rings. The molecule has 0 aliphatic heterocycles. The van der Waals surface area contributed by atoms with Crippen molar-refractivity contribution in [1.29, 1.82) is 0 Å². The number of benzene rings is 12. The number of hydrogen-bond acceptors (Lipinski definition) is 17. The largest absolute Gasteiger partial charge is 0.487 e. The standard InChI is InChI=1S/C27H24N4O.C26H23N5O.2C25H20N4O/c1-2-10-27-23(8-1)13-14-24(29-27)19-32-26-9-4-6-21(17-26)12-11-20-5-3-7-22(15-20)16-25-18-28-31-30-25;1-18(21-8-5-9-22(16-21)26-28-30-31-29-26)14-19-6-4-10-24(15-19)32-17-23-13-12-20-7-2-3-11-25(20)27-23;1-2-7-24-20(5-1)10-11-22(28-24)16-30-23-12-8-18(9-13-23)14-19-4-3-6-21(15-19)25-26-17-27-29-25;1-2-4-24-20(3-1)11-12-22(28-24)16-30-23-13-7-19(8-14-23)15-18-5-9-21(10-6-18)25-26-17-27-29-25/h1-10,13-15,17-18H,11-12,16,19H2,(H,28,30,31);2-13,15-16,18H,14,17H2,1H3,(H,28,29,30,31);1-13,15,17H,14,16H2,(H,26,27,29);1-14,17H,15-16H2,(H,26,27,29). The number of tetrazole rings is 1. The Morgan fingerprint density at radius 1 is 0.298 bits per heavy atom. The minimum Gasteiger partial charge on any atom is -0.487 e. The van der Waals surface area contributed by atoms with Crippen LogP contribution in [0.4, 0.5) is 0 Å². The van der Waals surface area contributed by atoms with Gasteiger partial charge in [0, 0.05) is 44.7 Å². The Bertz CT molecular complexity index is 6800. The zero-order valence-electron chi connectivity index (χ0n) is 68.2. The monoisotopic (exact) mass is 1630 g/mol. The Morgan fingerprint density at radius 2 is 0.726 bits per heavy atom. The van der Waals surface area contributed by atoms with Crippen LogP contribution in [0.25, 0.3) is 77.8 Å². The topological polar surface area (TPSA) is 268 Å². The molecule has 608 valence electrons. The maximum atomic E-state index is 6.05. The minimum atomic E-state index is 0.333. The molecule has 0 saturated heterocycles. The fourth-order valence-electron chi connectivity index (χ4n) is 14.6. The Kier molecular flexibility index (Phi) is 26.0. The molecule has 0 aliphatic carbocycles. The second-order valence-electron chi connectivity index (χ2n) is 30.1. The van der Waals surface area contributed by atoms with Crippen molar-refractivity contribution in [3.8, 4) is 57.2 Å². The van der Waals surface area contributed by atoms with Gasteiger partial charge in [0.25, 0.3) is 0 Å². The van der Waals surface area contributed by atoms with Crippen LogP contribution in [0.3, 0.4) is 0 Å². The first-order chi connectivity index (χ1) is 61.2. The fourth-order valence-corrected chi connectivity index (χ4v) is 14.6. The molecule has 21 heteroatoms. The molecule has 8 heterocycles. The Hall–Kier alpha value is -16.0. The van der Waals surface area contributed by atoms with Crippen molar-refractivity contribution in [2.24, 2.45) is 0 Å². The maximum absolute atomic E-state index is 6.05. The summed E-state index contributed by atoms with van der Waals surface area (Å²) in [6.45, 7) is 4.02. The predicted molar refractivity (Wildman–Crippen MR) is 484 cm³/mol. The third-order valence-electron chi connectivity index (χ3n) is 21.0. The number of rotatable bonds is 27. The van der Waals surface area contributed by atoms with Crippen molar-refractivity contribution in [3.05, 3.63) is 437 Å². The number of fused-ring (bicyclic) bond motifs is 4. The van der Waals surface area contributed by atoms with Crippen molar-refractivity contribution >= 4 is 43.6 Å². The zero-order chi connectivity index (χ0) is 83.7. The average Bonchev–Trinajstić information content (AvgIpc) is 1.25. The van der Waals surface area contributed by atoms with E-state index in [2.05, 4.69) is 269 Å². The lowest BCUT2D eigenvalue weighted by molar-refractivity contribution is 0.301. The summed E-state index contributed by atoms with van der Waals surface area (Å²) in [7, 11) is 0. The van der Waals surface area contributed by atoms with Crippen LogP contribution in [0.1, 0.15) is 91.4 Å². The number of aryl methyl sites for hydroxylation is 2. The summed E-state index contributed by atoms with van der Waals surface area (Å²) in [6.07, 6.45) is 10.1. The molecule has 8 aromatic heterocycles. The number of nitrogens with one attached hydrogen (secondary N) is 4. The predicted octanol–water partition coefficient (Wildman–Crippen LogP) is 21.0. The molecule has 0 radical (unpaired) electrons. The molecule has 21 nitrogen and oxygen atoms in total. The first kappa shape index (κ1) is 80.4. The van der Waals surface area contributed by atoms with Gasteiger partial charge >= 0.3 is 0 Å². The van der Waals surface area contributed by atoms with Gasteiger partial charge in [0.1, 0.15) is 62.1 Å². The van der Waals surface area contributed by atoms with E-state index < -0.39 is 0 Å². The molecule has 0 amide bonds. The third-order valence-corrected chi connectivity index (χ3v) is 21.0.